The van der Waals surface area contributed by atoms with Crippen LogP contribution in [0.25, 0.3) is 0 Å². The fourth-order valence-corrected chi connectivity index (χ4v) is 2.12. The lowest BCUT2D eigenvalue weighted by Gasteiger charge is -2.23. The maximum Gasteiger partial charge on any atom is 0.234 e. The lowest BCUT2D eigenvalue weighted by atomic mass is 10.2. The predicted octanol–water partition coefficient (Wildman–Crippen LogP) is 0.570. The second kappa shape index (κ2) is 6.21. The van der Waals surface area contributed by atoms with Gasteiger partial charge in [-0.3, -0.25) is 9.69 Å². The van der Waals surface area contributed by atoms with Gasteiger partial charge in [0.2, 0.25) is 5.91 Å². The number of nitrogens with one attached hydrogen (secondary N) is 1. The molecule has 1 amide bonds. The Balaban J connectivity index is 2.23. The summed E-state index contributed by atoms with van der Waals surface area (Å²) in [5.74, 6) is 0.630. The van der Waals surface area contributed by atoms with E-state index >= 15 is 0 Å². The first-order valence-electron chi connectivity index (χ1n) is 6.21. The Bertz CT molecular complexity index is 230. The summed E-state index contributed by atoms with van der Waals surface area (Å²) < 4.78 is 0. The summed E-state index contributed by atoms with van der Waals surface area (Å²) in [6.07, 6.45) is 3.23. The third-order valence-electron chi connectivity index (χ3n) is 3.17. The molecule has 4 nitrogen and oxygen atoms in total. The van der Waals surface area contributed by atoms with Crippen molar-refractivity contribution < 1.29 is 4.79 Å². The molecule has 0 saturated heterocycles. The van der Waals surface area contributed by atoms with E-state index in [4.69, 9.17) is 5.73 Å². The highest BCUT2D eigenvalue weighted by molar-refractivity contribution is 5.78. The van der Waals surface area contributed by atoms with E-state index in [9.17, 15) is 4.79 Å². The monoisotopic (exact) mass is 227 g/mol. The summed E-state index contributed by atoms with van der Waals surface area (Å²) in [6.45, 7) is 5.45. The van der Waals surface area contributed by atoms with E-state index in [0.717, 1.165) is 25.8 Å². The molecule has 0 spiro atoms. The molecule has 0 aromatic carbocycles. The SMILES string of the molecule is CC(C)CNC(=O)CN(C)C1CCC(N)C1. The van der Waals surface area contributed by atoms with Gasteiger partial charge < -0.3 is 11.1 Å². The van der Waals surface area contributed by atoms with Crippen molar-refractivity contribution in [2.45, 2.75) is 45.2 Å². The highest BCUT2D eigenvalue weighted by Gasteiger charge is 2.25. The second-order valence-electron chi connectivity index (χ2n) is 5.34. The smallest absolute Gasteiger partial charge is 0.234 e. The highest BCUT2D eigenvalue weighted by atomic mass is 16.2. The molecular weight excluding hydrogens is 202 g/mol. The van der Waals surface area contributed by atoms with Crippen LogP contribution in [0, 0.1) is 5.92 Å². The molecule has 1 aliphatic rings. The minimum Gasteiger partial charge on any atom is -0.355 e. The van der Waals surface area contributed by atoms with E-state index in [-0.39, 0.29) is 5.91 Å². The Morgan fingerprint density at radius 1 is 1.50 bits per heavy atom. The van der Waals surface area contributed by atoms with Gasteiger partial charge in [0, 0.05) is 18.6 Å². The Labute approximate surface area is 98.6 Å². The van der Waals surface area contributed by atoms with Crippen LogP contribution in [-0.2, 0) is 4.79 Å². The summed E-state index contributed by atoms with van der Waals surface area (Å²) in [5.41, 5.74) is 5.86. The fourth-order valence-electron chi connectivity index (χ4n) is 2.12. The van der Waals surface area contributed by atoms with Crippen LogP contribution in [0.4, 0.5) is 0 Å². The molecule has 0 aliphatic heterocycles. The van der Waals surface area contributed by atoms with Crippen LogP contribution < -0.4 is 11.1 Å². The van der Waals surface area contributed by atoms with Crippen LogP contribution in [0.1, 0.15) is 33.1 Å². The molecule has 0 radical (unpaired) electrons. The van der Waals surface area contributed by atoms with Crippen molar-refractivity contribution in [1.29, 1.82) is 0 Å². The standard InChI is InChI=1S/C12H25N3O/c1-9(2)7-14-12(16)8-15(3)11-5-4-10(13)6-11/h9-11H,4-8,13H2,1-3H3,(H,14,16). The van der Waals surface area contributed by atoms with Crippen LogP contribution in [-0.4, -0.2) is 43.0 Å². The molecule has 1 rings (SSSR count). The molecule has 1 saturated carbocycles. The molecule has 0 bridgehead atoms. The minimum atomic E-state index is 0.122. The van der Waals surface area contributed by atoms with Crippen molar-refractivity contribution >= 4 is 5.91 Å². The first-order valence-corrected chi connectivity index (χ1v) is 6.21. The summed E-state index contributed by atoms with van der Waals surface area (Å²) in [7, 11) is 2.01. The Kier molecular flexibility index (Phi) is 5.22. The zero-order chi connectivity index (χ0) is 12.1. The molecule has 4 heteroatoms. The second-order valence-corrected chi connectivity index (χ2v) is 5.34. The molecule has 2 unspecified atom stereocenters. The minimum absolute atomic E-state index is 0.122. The molecule has 3 N–H and O–H groups in total. The summed E-state index contributed by atoms with van der Waals surface area (Å²) in [5, 5.41) is 2.94. The van der Waals surface area contributed by atoms with Crippen LogP contribution in [0.2, 0.25) is 0 Å². The number of hydrogen-bond acceptors (Lipinski definition) is 3. The zero-order valence-electron chi connectivity index (χ0n) is 10.7. The summed E-state index contributed by atoms with van der Waals surface area (Å²) in [6, 6.07) is 0.811. The van der Waals surface area contributed by atoms with E-state index in [2.05, 4.69) is 24.1 Å². The average Bonchev–Trinajstić information content (AvgIpc) is 2.62. The van der Waals surface area contributed by atoms with E-state index in [1.165, 1.54) is 0 Å². The third-order valence-corrected chi connectivity index (χ3v) is 3.17. The third kappa shape index (κ3) is 4.49. The Morgan fingerprint density at radius 2 is 2.19 bits per heavy atom. The fraction of sp³-hybridized carbons (Fsp3) is 0.917. The molecule has 1 aliphatic carbocycles. The molecule has 1 fully saturated rings. The Morgan fingerprint density at radius 3 is 2.69 bits per heavy atom. The van der Waals surface area contributed by atoms with Crippen molar-refractivity contribution in [1.82, 2.24) is 10.2 Å². The van der Waals surface area contributed by atoms with Gasteiger partial charge in [0.1, 0.15) is 0 Å². The van der Waals surface area contributed by atoms with Crippen LogP contribution >= 0.6 is 0 Å². The molecule has 0 aromatic rings. The molecule has 2 atom stereocenters. The van der Waals surface area contributed by atoms with Crippen LogP contribution in [0.15, 0.2) is 0 Å². The van der Waals surface area contributed by atoms with Crippen molar-refractivity contribution in [3.05, 3.63) is 0 Å². The van der Waals surface area contributed by atoms with Gasteiger partial charge in [-0.25, -0.2) is 0 Å². The van der Waals surface area contributed by atoms with Gasteiger partial charge in [0.15, 0.2) is 0 Å². The maximum atomic E-state index is 11.6. The van der Waals surface area contributed by atoms with Gasteiger partial charge in [-0.1, -0.05) is 13.8 Å². The Hall–Kier alpha value is -0.610. The molecule has 16 heavy (non-hydrogen) atoms. The van der Waals surface area contributed by atoms with E-state index in [1.807, 2.05) is 7.05 Å². The molecule has 0 aromatic heterocycles. The lowest BCUT2D eigenvalue weighted by molar-refractivity contribution is -0.122. The van der Waals surface area contributed by atoms with Crippen molar-refractivity contribution in [2.75, 3.05) is 20.1 Å². The normalized spacial score (nSPS) is 25.4. The van der Waals surface area contributed by atoms with Crippen molar-refractivity contribution in [3.8, 4) is 0 Å². The predicted molar refractivity (Wildman–Crippen MR) is 66.1 cm³/mol. The van der Waals surface area contributed by atoms with Crippen LogP contribution in [0.3, 0.4) is 0 Å². The van der Waals surface area contributed by atoms with Gasteiger partial charge >= 0.3 is 0 Å². The lowest BCUT2D eigenvalue weighted by Crippen LogP contribution is -2.41. The number of hydrogen-bond donors (Lipinski definition) is 2. The molecular formula is C12H25N3O. The number of carbonyl (C=O) groups excluding carboxylic acids is 1. The molecule has 0 heterocycles. The van der Waals surface area contributed by atoms with Gasteiger partial charge in [0.05, 0.1) is 6.54 Å². The number of carbonyl (C=O) groups is 1. The average molecular weight is 227 g/mol. The van der Waals surface area contributed by atoms with Gasteiger partial charge in [0.25, 0.3) is 0 Å². The largest absolute Gasteiger partial charge is 0.355 e. The quantitative estimate of drug-likeness (QED) is 0.722. The first kappa shape index (κ1) is 13.5. The van der Waals surface area contributed by atoms with Crippen LogP contribution in [0.5, 0.6) is 0 Å². The first-order chi connectivity index (χ1) is 7.49. The topological polar surface area (TPSA) is 58.4 Å². The van der Waals surface area contributed by atoms with E-state index in [0.29, 0.717) is 24.5 Å². The van der Waals surface area contributed by atoms with Crippen molar-refractivity contribution in [2.24, 2.45) is 11.7 Å². The summed E-state index contributed by atoms with van der Waals surface area (Å²) >= 11 is 0. The maximum absolute atomic E-state index is 11.6. The molecule has 94 valence electrons. The van der Waals surface area contributed by atoms with Gasteiger partial charge in [-0.15, -0.1) is 0 Å². The summed E-state index contributed by atoms with van der Waals surface area (Å²) in [4.78, 5) is 13.7. The number of rotatable bonds is 5. The number of amides is 1. The van der Waals surface area contributed by atoms with Crippen molar-refractivity contribution in [3.63, 3.8) is 0 Å². The highest BCUT2D eigenvalue weighted by Crippen LogP contribution is 2.21. The number of nitrogens with two attached hydrogens (primary N) is 1. The van der Waals surface area contributed by atoms with E-state index < -0.39 is 0 Å². The number of nitrogens with zero attached hydrogens (tertiary/aromatic N) is 1. The van der Waals surface area contributed by atoms with E-state index in [1.54, 1.807) is 0 Å². The van der Waals surface area contributed by atoms with Gasteiger partial charge in [-0.05, 0) is 32.2 Å². The van der Waals surface area contributed by atoms with Gasteiger partial charge in [-0.2, -0.15) is 0 Å². The zero-order valence-corrected chi connectivity index (χ0v) is 10.7. The number of likely N-dealkylation sites (N-methyl/N-ethyl adjacent to an activating group) is 1.